The lowest BCUT2D eigenvalue weighted by molar-refractivity contribution is 0.100. The van der Waals surface area contributed by atoms with Gasteiger partial charge in [0.1, 0.15) is 5.15 Å². The third-order valence-corrected chi connectivity index (χ3v) is 4.75. The first-order chi connectivity index (χ1) is 9.92. The molecule has 0 saturated carbocycles. The fourth-order valence-electron chi connectivity index (χ4n) is 2.81. The minimum absolute atomic E-state index is 0.333. The summed E-state index contributed by atoms with van der Waals surface area (Å²) < 4.78 is 1.65. The van der Waals surface area contributed by atoms with E-state index in [2.05, 4.69) is 5.10 Å². The zero-order valence-corrected chi connectivity index (χ0v) is 13.4. The molecule has 4 nitrogen and oxygen atoms in total. The molecule has 0 aliphatic carbocycles. The van der Waals surface area contributed by atoms with Gasteiger partial charge in [-0.05, 0) is 25.8 Å². The minimum atomic E-state index is -0.597. The van der Waals surface area contributed by atoms with Crippen LogP contribution in [0, 0.1) is 6.92 Å². The molecule has 3 N–H and O–H groups in total. The largest absolute Gasteiger partial charge is 0.392 e. The van der Waals surface area contributed by atoms with Crippen LogP contribution in [-0.4, -0.2) is 27.5 Å². The molecular formula is C16H22ClN3O. The van der Waals surface area contributed by atoms with Gasteiger partial charge in [0.2, 0.25) is 0 Å². The van der Waals surface area contributed by atoms with Crippen molar-refractivity contribution in [3.63, 3.8) is 0 Å². The number of aliphatic hydroxyl groups excluding tert-OH is 1. The molecule has 1 aromatic heterocycles. The summed E-state index contributed by atoms with van der Waals surface area (Å²) in [5.74, 6) is 0. The number of benzene rings is 1. The van der Waals surface area contributed by atoms with E-state index in [1.54, 1.807) is 11.6 Å². The summed E-state index contributed by atoms with van der Waals surface area (Å²) in [6.07, 6.45) is -0.0375. The first-order valence-corrected chi connectivity index (χ1v) is 7.42. The Balaban J connectivity index is 2.52. The van der Waals surface area contributed by atoms with Crippen LogP contribution < -0.4 is 5.73 Å². The molecule has 2 rings (SSSR count). The molecule has 2 aromatic rings. The molecule has 0 fully saturated rings. The van der Waals surface area contributed by atoms with E-state index in [0.717, 1.165) is 16.8 Å². The van der Waals surface area contributed by atoms with Crippen LogP contribution in [0.25, 0.3) is 0 Å². The number of nitrogens with zero attached hydrogens (tertiary/aromatic N) is 2. The SMILES string of the molecule is Cc1nn(C)c(Cl)c1CC(CN)(c1ccccc1)C(C)O. The lowest BCUT2D eigenvalue weighted by atomic mass is 9.72. The van der Waals surface area contributed by atoms with Gasteiger partial charge in [-0.15, -0.1) is 0 Å². The van der Waals surface area contributed by atoms with Gasteiger partial charge in [0, 0.05) is 24.6 Å². The topological polar surface area (TPSA) is 64.1 Å². The number of aliphatic hydroxyl groups is 1. The Morgan fingerprint density at radius 2 is 2.00 bits per heavy atom. The highest BCUT2D eigenvalue weighted by atomic mass is 35.5. The highest BCUT2D eigenvalue weighted by Gasteiger charge is 2.37. The molecule has 0 bridgehead atoms. The van der Waals surface area contributed by atoms with Crippen LogP contribution in [-0.2, 0) is 18.9 Å². The molecule has 0 aliphatic rings. The number of halogens is 1. The van der Waals surface area contributed by atoms with E-state index >= 15 is 0 Å². The Hall–Kier alpha value is -1.36. The Labute approximate surface area is 130 Å². The van der Waals surface area contributed by atoms with Gasteiger partial charge in [0.25, 0.3) is 0 Å². The van der Waals surface area contributed by atoms with E-state index in [1.807, 2.05) is 44.3 Å². The molecule has 2 unspecified atom stereocenters. The van der Waals surface area contributed by atoms with E-state index in [-0.39, 0.29) is 0 Å². The number of nitrogens with two attached hydrogens (primary N) is 1. The quantitative estimate of drug-likeness (QED) is 0.890. The molecule has 0 radical (unpaired) electrons. The predicted molar refractivity (Wildman–Crippen MR) is 85.5 cm³/mol. The van der Waals surface area contributed by atoms with Crippen LogP contribution in [0.5, 0.6) is 0 Å². The van der Waals surface area contributed by atoms with E-state index < -0.39 is 11.5 Å². The van der Waals surface area contributed by atoms with Gasteiger partial charge >= 0.3 is 0 Å². The van der Waals surface area contributed by atoms with Crippen molar-refractivity contribution in [2.24, 2.45) is 12.8 Å². The van der Waals surface area contributed by atoms with E-state index in [9.17, 15) is 5.11 Å². The maximum Gasteiger partial charge on any atom is 0.130 e. The van der Waals surface area contributed by atoms with Crippen LogP contribution in [0.4, 0.5) is 0 Å². The van der Waals surface area contributed by atoms with Gasteiger partial charge in [-0.2, -0.15) is 5.10 Å². The predicted octanol–water partition coefficient (Wildman–Crippen LogP) is 2.20. The number of hydrogen-bond acceptors (Lipinski definition) is 3. The van der Waals surface area contributed by atoms with Crippen molar-refractivity contribution in [3.05, 3.63) is 52.3 Å². The normalized spacial score (nSPS) is 15.7. The van der Waals surface area contributed by atoms with Crippen molar-refractivity contribution in [1.82, 2.24) is 9.78 Å². The molecule has 5 heteroatoms. The standard InChI is InChI=1S/C16H22ClN3O/c1-11-14(15(17)20(3)19-11)9-16(10-18,12(2)21)13-7-5-4-6-8-13/h4-8,12,21H,9-10,18H2,1-3H3. The highest BCUT2D eigenvalue weighted by molar-refractivity contribution is 6.30. The maximum atomic E-state index is 10.4. The van der Waals surface area contributed by atoms with Gasteiger partial charge in [-0.3, -0.25) is 4.68 Å². The van der Waals surface area contributed by atoms with Crippen LogP contribution >= 0.6 is 11.6 Å². The zero-order chi connectivity index (χ0) is 15.6. The van der Waals surface area contributed by atoms with Crippen LogP contribution in [0.3, 0.4) is 0 Å². The Morgan fingerprint density at radius 1 is 1.38 bits per heavy atom. The summed E-state index contributed by atoms with van der Waals surface area (Å²) in [5, 5.41) is 15.4. The van der Waals surface area contributed by atoms with Crippen molar-refractivity contribution in [2.75, 3.05) is 6.54 Å². The van der Waals surface area contributed by atoms with Crippen molar-refractivity contribution in [2.45, 2.75) is 31.8 Å². The van der Waals surface area contributed by atoms with E-state index in [4.69, 9.17) is 17.3 Å². The molecular weight excluding hydrogens is 286 g/mol. The Bertz CT molecular complexity index is 609. The monoisotopic (exact) mass is 307 g/mol. The highest BCUT2D eigenvalue weighted by Crippen LogP contribution is 2.34. The van der Waals surface area contributed by atoms with Gasteiger partial charge in [0.15, 0.2) is 0 Å². The van der Waals surface area contributed by atoms with Crippen LogP contribution in [0.15, 0.2) is 30.3 Å². The van der Waals surface area contributed by atoms with E-state index in [1.165, 1.54) is 0 Å². The number of aromatic nitrogens is 2. The van der Waals surface area contributed by atoms with Crippen molar-refractivity contribution < 1.29 is 5.11 Å². The van der Waals surface area contributed by atoms with Gasteiger partial charge in [0.05, 0.1) is 11.8 Å². The molecule has 21 heavy (non-hydrogen) atoms. The molecule has 114 valence electrons. The van der Waals surface area contributed by atoms with Crippen LogP contribution in [0.1, 0.15) is 23.7 Å². The van der Waals surface area contributed by atoms with Gasteiger partial charge < -0.3 is 10.8 Å². The Kier molecular flexibility index (Phi) is 4.71. The summed E-state index contributed by atoms with van der Waals surface area (Å²) >= 11 is 6.35. The lowest BCUT2D eigenvalue weighted by Gasteiger charge is -2.36. The maximum absolute atomic E-state index is 10.4. The second-order valence-corrected chi connectivity index (χ2v) is 5.92. The van der Waals surface area contributed by atoms with Gasteiger partial charge in [-0.25, -0.2) is 0 Å². The molecule has 2 atom stereocenters. The summed E-state index contributed by atoms with van der Waals surface area (Å²) in [6, 6.07) is 9.87. The second kappa shape index (κ2) is 6.18. The van der Waals surface area contributed by atoms with Crippen molar-refractivity contribution in [3.8, 4) is 0 Å². The average Bonchev–Trinajstić information content (AvgIpc) is 2.71. The molecule has 0 saturated heterocycles. The molecule has 0 amide bonds. The third kappa shape index (κ3) is 2.84. The van der Waals surface area contributed by atoms with E-state index in [0.29, 0.717) is 18.1 Å². The summed E-state index contributed by atoms with van der Waals surface area (Å²) in [6.45, 7) is 4.04. The minimum Gasteiger partial charge on any atom is -0.392 e. The molecule has 0 aliphatic heterocycles. The second-order valence-electron chi connectivity index (χ2n) is 5.56. The lowest BCUT2D eigenvalue weighted by Crippen LogP contribution is -2.46. The summed E-state index contributed by atoms with van der Waals surface area (Å²) in [5.41, 5.74) is 8.32. The first-order valence-electron chi connectivity index (χ1n) is 7.04. The molecule has 0 spiro atoms. The fourth-order valence-corrected chi connectivity index (χ4v) is 3.05. The fraction of sp³-hybridized carbons (Fsp3) is 0.438. The smallest absolute Gasteiger partial charge is 0.130 e. The molecule has 1 heterocycles. The summed E-state index contributed by atoms with van der Waals surface area (Å²) in [4.78, 5) is 0. The summed E-state index contributed by atoms with van der Waals surface area (Å²) in [7, 11) is 1.81. The zero-order valence-electron chi connectivity index (χ0n) is 12.7. The van der Waals surface area contributed by atoms with Gasteiger partial charge in [-0.1, -0.05) is 41.9 Å². The first kappa shape index (κ1) is 16.0. The Morgan fingerprint density at radius 3 is 2.43 bits per heavy atom. The number of aryl methyl sites for hydroxylation is 2. The van der Waals surface area contributed by atoms with Crippen LogP contribution in [0.2, 0.25) is 5.15 Å². The molecule has 1 aromatic carbocycles. The number of hydrogen-bond donors (Lipinski definition) is 2. The van der Waals surface area contributed by atoms with Crippen molar-refractivity contribution >= 4 is 11.6 Å². The average molecular weight is 308 g/mol. The number of rotatable bonds is 5. The third-order valence-electron chi connectivity index (χ3n) is 4.27. The van der Waals surface area contributed by atoms with Crippen molar-refractivity contribution in [1.29, 1.82) is 0 Å².